The molecule has 0 radical (unpaired) electrons. The van der Waals surface area contributed by atoms with Gasteiger partial charge in [-0.2, -0.15) is 0 Å². The molecule has 1 aliphatic carbocycles. The van der Waals surface area contributed by atoms with E-state index in [2.05, 4.69) is 0 Å². The molecule has 1 rings (SSSR count). The number of hydrogen-bond acceptors (Lipinski definition) is 1. The van der Waals surface area contributed by atoms with Crippen LogP contribution in [0.15, 0.2) is 0 Å². The lowest BCUT2D eigenvalue weighted by Crippen LogP contribution is -2.14. The predicted molar refractivity (Wildman–Crippen MR) is 39.4 cm³/mol. The van der Waals surface area contributed by atoms with Crippen LogP contribution in [-0.4, -0.2) is 5.78 Å². The molecule has 1 nitrogen and oxygen atoms in total. The van der Waals surface area contributed by atoms with Crippen molar-refractivity contribution in [3.05, 3.63) is 0 Å². The van der Waals surface area contributed by atoms with Gasteiger partial charge in [-0.05, 0) is 12.8 Å². The van der Waals surface area contributed by atoms with Gasteiger partial charge in [0.05, 0.1) is 0 Å². The van der Waals surface area contributed by atoms with Crippen LogP contribution in [0.1, 0.15) is 40.0 Å². The fraction of sp³-hybridized carbons (Fsp3) is 0.875. The average Bonchev–Trinajstić information content (AvgIpc) is 1.77. The van der Waals surface area contributed by atoms with Crippen LogP contribution in [0.3, 0.4) is 0 Å². The third-order valence-corrected chi connectivity index (χ3v) is 1.86. The molecule has 1 fully saturated rings. The fourth-order valence-electron chi connectivity index (χ4n) is 1.16. The van der Waals surface area contributed by atoms with Gasteiger partial charge in [0.15, 0.2) is 0 Å². The van der Waals surface area contributed by atoms with Crippen LogP contribution in [0.2, 0.25) is 0 Å². The summed E-state index contributed by atoms with van der Waals surface area (Å²) in [7, 11) is 0. The van der Waals surface area contributed by atoms with E-state index in [1.165, 1.54) is 6.42 Å². The number of hydrogen-bond donors (Lipinski definition) is 0. The molecule has 0 heterocycles. The SMILES string of the molecule is C.CC1CCCCC1=O. The van der Waals surface area contributed by atoms with Crippen molar-refractivity contribution in [2.24, 2.45) is 5.92 Å². The van der Waals surface area contributed by atoms with E-state index in [0.29, 0.717) is 11.7 Å². The minimum atomic E-state index is 0. The molecule has 0 spiro atoms. The highest BCUT2D eigenvalue weighted by Crippen LogP contribution is 2.18. The Morgan fingerprint density at radius 3 is 2.44 bits per heavy atom. The Kier molecular flexibility index (Phi) is 3.52. The Morgan fingerprint density at radius 1 is 1.44 bits per heavy atom. The number of carbonyl (C=O) groups is 1. The lowest BCUT2D eigenvalue weighted by atomic mass is 9.90. The highest BCUT2D eigenvalue weighted by molar-refractivity contribution is 5.81. The Labute approximate surface area is 57.5 Å². The lowest BCUT2D eigenvalue weighted by Gasteiger charge is -2.14. The number of carbonyl (C=O) groups excluding carboxylic acids is 1. The summed E-state index contributed by atoms with van der Waals surface area (Å²) in [6.07, 6.45) is 4.34. The van der Waals surface area contributed by atoms with Crippen LogP contribution in [-0.2, 0) is 4.79 Å². The maximum absolute atomic E-state index is 10.8. The molecular weight excluding hydrogens is 112 g/mol. The maximum atomic E-state index is 10.8. The molecule has 1 saturated carbocycles. The monoisotopic (exact) mass is 128 g/mol. The van der Waals surface area contributed by atoms with Gasteiger partial charge in [0.2, 0.25) is 0 Å². The molecule has 9 heavy (non-hydrogen) atoms. The molecule has 0 N–H and O–H groups in total. The van der Waals surface area contributed by atoms with Crippen molar-refractivity contribution >= 4 is 5.78 Å². The van der Waals surface area contributed by atoms with Crippen molar-refractivity contribution in [1.82, 2.24) is 0 Å². The van der Waals surface area contributed by atoms with Gasteiger partial charge in [-0.25, -0.2) is 0 Å². The molecule has 0 bridgehead atoms. The zero-order valence-corrected chi connectivity index (χ0v) is 5.31. The Balaban J connectivity index is 0.000000640. The molecule has 0 aromatic heterocycles. The van der Waals surface area contributed by atoms with Gasteiger partial charge >= 0.3 is 0 Å². The summed E-state index contributed by atoms with van der Waals surface area (Å²) in [6.45, 7) is 2.03. The highest BCUT2D eigenvalue weighted by atomic mass is 16.1. The first-order valence-corrected chi connectivity index (χ1v) is 3.33. The van der Waals surface area contributed by atoms with E-state index in [9.17, 15) is 4.79 Å². The van der Waals surface area contributed by atoms with E-state index in [-0.39, 0.29) is 7.43 Å². The molecule has 0 saturated heterocycles. The fourth-order valence-corrected chi connectivity index (χ4v) is 1.16. The minimum absolute atomic E-state index is 0. The lowest BCUT2D eigenvalue weighted by molar-refractivity contribution is -0.123. The van der Waals surface area contributed by atoms with Gasteiger partial charge in [-0.15, -0.1) is 0 Å². The normalized spacial score (nSPS) is 27.2. The van der Waals surface area contributed by atoms with Crippen LogP contribution in [0, 0.1) is 5.92 Å². The Hall–Kier alpha value is -0.330. The van der Waals surface area contributed by atoms with Crippen molar-refractivity contribution in [1.29, 1.82) is 0 Å². The molecular formula is C8H16O. The largest absolute Gasteiger partial charge is 0.299 e. The van der Waals surface area contributed by atoms with Crippen molar-refractivity contribution in [3.8, 4) is 0 Å². The standard InChI is InChI=1S/C7H12O.CH4/c1-6-4-2-3-5-7(6)8;/h6H,2-5H2,1H3;1H4. The molecule has 1 aliphatic rings. The Morgan fingerprint density at radius 2 is 2.11 bits per heavy atom. The van der Waals surface area contributed by atoms with E-state index < -0.39 is 0 Å². The zero-order chi connectivity index (χ0) is 5.98. The van der Waals surface area contributed by atoms with E-state index >= 15 is 0 Å². The molecule has 0 amide bonds. The molecule has 1 atom stereocenters. The molecule has 0 aromatic carbocycles. The van der Waals surface area contributed by atoms with Crippen molar-refractivity contribution in [2.75, 3.05) is 0 Å². The third-order valence-electron chi connectivity index (χ3n) is 1.86. The van der Waals surface area contributed by atoms with E-state index in [0.717, 1.165) is 19.3 Å². The van der Waals surface area contributed by atoms with Crippen LogP contribution >= 0.6 is 0 Å². The second-order valence-electron chi connectivity index (χ2n) is 2.61. The zero-order valence-electron chi connectivity index (χ0n) is 5.31. The quantitative estimate of drug-likeness (QED) is 0.489. The number of rotatable bonds is 0. The van der Waals surface area contributed by atoms with Crippen molar-refractivity contribution in [2.45, 2.75) is 40.0 Å². The summed E-state index contributed by atoms with van der Waals surface area (Å²) in [5.41, 5.74) is 0. The minimum Gasteiger partial charge on any atom is -0.299 e. The van der Waals surface area contributed by atoms with Gasteiger partial charge in [0.25, 0.3) is 0 Å². The van der Waals surface area contributed by atoms with Gasteiger partial charge in [0, 0.05) is 12.3 Å². The topological polar surface area (TPSA) is 17.1 Å². The van der Waals surface area contributed by atoms with Gasteiger partial charge in [0.1, 0.15) is 5.78 Å². The maximum Gasteiger partial charge on any atom is 0.135 e. The van der Waals surface area contributed by atoms with E-state index in [1.807, 2.05) is 6.92 Å². The summed E-state index contributed by atoms with van der Waals surface area (Å²) in [4.78, 5) is 10.8. The molecule has 54 valence electrons. The molecule has 0 aliphatic heterocycles. The first-order chi connectivity index (χ1) is 3.80. The summed E-state index contributed by atoms with van der Waals surface area (Å²) < 4.78 is 0. The van der Waals surface area contributed by atoms with Gasteiger partial charge < -0.3 is 0 Å². The summed E-state index contributed by atoms with van der Waals surface area (Å²) in [5, 5.41) is 0. The second kappa shape index (κ2) is 3.65. The smallest absolute Gasteiger partial charge is 0.135 e. The summed E-state index contributed by atoms with van der Waals surface area (Å²) in [6, 6.07) is 0. The predicted octanol–water partition coefficient (Wildman–Crippen LogP) is 2.40. The average molecular weight is 128 g/mol. The highest BCUT2D eigenvalue weighted by Gasteiger charge is 2.16. The second-order valence-corrected chi connectivity index (χ2v) is 2.61. The van der Waals surface area contributed by atoms with Crippen molar-refractivity contribution < 1.29 is 4.79 Å². The number of ketones is 1. The first kappa shape index (κ1) is 8.67. The molecule has 1 unspecified atom stereocenters. The summed E-state index contributed by atoms with van der Waals surface area (Å²) >= 11 is 0. The van der Waals surface area contributed by atoms with Crippen molar-refractivity contribution in [3.63, 3.8) is 0 Å². The van der Waals surface area contributed by atoms with E-state index in [4.69, 9.17) is 0 Å². The van der Waals surface area contributed by atoms with Gasteiger partial charge in [-0.1, -0.05) is 20.8 Å². The summed E-state index contributed by atoms with van der Waals surface area (Å²) in [5.74, 6) is 0.833. The molecule has 1 heteroatoms. The Bertz CT molecular complexity index is 96.7. The third kappa shape index (κ3) is 2.17. The number of Topliss-reactive ketones (excluding diaryl/α,β-unsaturated/α-hetero) is 1. The van der Waals surface area contributed by atoms with Crippen LogP contribution in [0.25, 0.3) is 0 Å². The van der Waals surface area contributed by atoms with Crippen LogP contribution in [0.5, 0.6) is 0 Å². The first-order valence-electron chi connectivity index (χ1n) is 3.33. The van der Waals surface area contributed by atoms with Gasteiger partial charge in [-0.3, -0.25) is 4.79 Å². The van der Waals surface area contributed by atoms with E-state index in [1.54, 1.807) is 0 Å². The van der Waals surface area contributed by atoms with Crippen LogP contribution < -0.4 is 0 Å². The molecule has 0 aromatic rings. The van der Waals surface area contributed by atoms with Crippen LogP contribution in [0.4, 0.5) is 0 Å².